The highest BCUT2D eigenvalue weighted by Gasteiger charge is 2.18. The fourth-order valence-electron chi connectivity index (χ4n) is 2.94. The van der Waals surface area contributed by atoms with Gasteiger partial charge in [-0.1, -0.05) is 24.3 Å². The maximum absolute atomic E-state index is 12.3. The van der Waals surface area contributed by atoms with E-state index in [1.54, 1.807) is 24.3 Å². The van der Waals surface area contributed by atoms with Gasteiger partial charge in [-0.25, -0.2) is 0 Å². The molecule has 0 saturated heterocycles. The van der Waals surface area contributed by atoms with E-state index in [-0.39, 0.29) is 30.3 Å². The van der Waals surface area contributed by atoms with Gasteiger partial charge in [-0.15, -0.1) is 0 Å². The molecule has 0 saturated carbocycles. The van der Waals surface area contributed by atoms with E-state index in [4.69, 9.17) is 9.47 Å². The largest absolute Gasteiger partial charge is 0.486 e. The van der Waals surface area contributed by atoms with Crippen LogP contribution in [0.25, 0.3) is 0 Å². The van der Waals surface area contributed by atoms with Crippen molar-refractivity contribution >= 4 is 11.8 Å². The molecule has 27 heavy (non-hydrogen) atoms. The predicted octanol–water partition coefficient (Wildman–Crippen LogP) is 2.84. The van der Waals surface area contributed by atoms with Crippen molar-refractivity contribution in [1.82, 2.24) is 10.6 Å². The third-order valence-electron chi connectivity index (χ3n) is 4.35. The van der Waals surface area contributed by atoms with Crippen molar-refractivity contribution in [2.45, 2.75) is 32.4 Å². The summed E-state index contributed by atoms with van der Waals surface area (Å²) < 4.78 is 11.1. The zero-order chi connectivity index (χ0) is 19.2. The number of benzene rings is 2. The molecule has 6 heteroatoms. The molecule has 3 rings (SSSR count). The highest BCUT2D eigenvalue weighted by molar-refractivity contribution is 5.94. The number of amides is 2. The summed E-state index contributed by atoms with van der Waals surface area (Å²) in [4.78, 5) is 24.5. The molecule has 2 aromatic rings. The van der Waals surface area contributed by atoms with Crippen molar-refractivity contribution in [2.24, 2.45) is 0 Å². The average molecular weight is 368 g/mol. The van der Waals surface area contributed by atoms with E-state index in [9.17, 15) is 9.59 Å². The zero-order valence-electron chi connectivity index (χ0n) is 15.5. The molecular formula is C21H24N2O4. The lowest BCUT2D eigenvalue weighted by Gasteiger charge is -2.21. The molecule has 0 aromatic heterocycles. The Hall–Kier alpha value is -3.02. The Balaban J connectivity index is 1.51. The lowest BCUT2D eigenvalue weighted by Crippen LogP contribution is -2.38. The Morgan fingerprint density at radius 1 is 0.963 bits per heavy atom. The Labute approximate surface area is 158 Å². The molecule has 1 aliphatic heterocycles. The number of carbonyl (C=O) groups excluding carboxylic acids is 2. The molecule has 0 bridgehead atoms. The highest BCUT2D eigenvalue weighted by Crippen LogP contribution is 2.32. The summed E-state index contributed by atoms with van der Waals surface area (Å²) in [6, 6.07) is 14.2. The van der Waals surface area contributed by atoms with E-state index >= 15 is 0 Å². The summed E-state index contributed by atoms with van der Waals surface area (Å²) in [7, 11) is 0. The molecule has 1 heterocycles. The first-order valence-electron chi connectivity index (χ1n) is 9.08. The van der Waals surface area contributed by atoms with Crippen LogP contribution in [-0.2, 0) is 4.79 Å². The second kappa shape index (κ2) is 8.58. The first-order chi connectivity index (χ1) is 13.0. The molecule has 2 N–H and O–H groups in total. The smallest absolute Gasteiger partial charge is 0.251 e. The van der Waals surface area contributed by atoms with Crippen molar-refractivity contribution in [3.63, 3.8) is 0 Å². The van der Waals surface area contributed by atoms with Gasteiger partial charge in [0.25, 0.3) is 5.91 Å². The van der Waals surface area contributed by atoms with Crippen LogP contribution in [0.5, 0.6) is 11.5 Å². The summed E-state index contributed by atoms with van der Waals surface area (Å²) in [5, 5.41) is 5.81. The first kappa shape index (κ1) is 18.8. The number of carbonyl (C=O) groups is 2. The van der Waals surface area contributed by atoms with Crippen molar-refractivity contribution in [2.75, 3.05) is 13.2 Å². The average Bonchev–Trinajstić information content (AvgIpc) is 2.68. The van der Waals surface area contributed by atoms with Crippen LogP contribution >= 0.6 is 0 Å². The van der Waals surface area contributed by atoms with E-state index in [1.807, 2.05) is 38.1 Å². The van der Waals surface area contributed by atoms with Gasteiger partial charge in [0, 0.05) is 18.0 Å². The minimum Gasteiger partial charge on any atom is -0.486 e. The fourth-order valence-corrected chi connectivity index (χ4v) is 2.94. The summed E-state index contributed by atoms with van der Waals surface area (Å²) in [6.45, 7) is 4.80. The van der Waals surface area contributed by atoms with Crippen LogP contribution in [0.15, 0.2) is 48.5 Å². The Morgan fingerprint density at radius 3 is 2.41 bits per heavy atom. The van der Waals surface area contributed by atoms with E-state index < -0.39 is 0 Å². The molecule has 2 unspecified atom stereocenters. The van der Waals surface area contributed by atoms with Gasteiger partial charge in [-0.3, -0.25) is 9.59 Å². The molecule has 0 aliphatic carbocycles. The molecule has 6 nitrogen and oxygen atoms in total. The van der Waals surface area contributed by atoms with E-state index in [0.717, 1.165) is 11.3 Å². The van der Waals surface area contributed by atoms with Gasteiger partial charge in [0.15, 0.2) is 11.5 Å². The minimum absolute atomic E-state index is 0.127. The van der Waals surface area contributed by atoms with Gasteiger partial charge >= 0.3 is 0 Å². The van der Waals surface area contributed by atoms with Gasteiger partial charge < -0.3 is 20.1 Å². The Kier molecular flexibility index (Phi) is 5.96. The Bertz CT molecular complexity index is 807. The highest BCUT2D eigenvalue weighted by atomic mass is 16.6. The van der Waals surface area contributed by atoms with Crippen LogP contribution < -0.4 is 20.1 Å². The summed E-state index contributed by atoms with van der Waals surface area (Å²) >= 11 is 0. The summed E-state index contributed by atoms with van der Waals surface area (Å²) in [5.74, 6) is 1.11. The van der Waals surface area contributed by atoms with Crippen LogP contribution in [-0.4, -0.2) is 31.1 Å². The van der Waals surface area contributed by atoms with Gasteiger partial charge in [-0.05, 0) is 43.7 Å². The van der Waals surface area contributed by atoms with Crippen LogP contribution in [0.4, 0.5) is 0 Å². The zero-order valence-corrected chi connectivity index (χ0v) is 15.5. The van der Waals surface area contributed by atoms with Crippen molar-refractivity contribution in [3.8, 4) is 11.5 Å². The van der Waals surface area contributed by atoms with Crippen molar-refractivity contribution in [1.29, 1.82) is 0 Å². The first-order valence-corrected chi connectivity index (χ1v) is 9.08. The number of rotatable bonds is 6. The molecule has 1 aliphatic rings. The van der Waals surface area contributed by atoms with E-state index in [0.29, 0.717) is 24.5 Å². The minimum atomic E-state index is -0.273. The molecule has 142 valence electrons. The maximum Gasteiger partial charge on any atom is 0.251 e. The van der Waals surface area contributed by atoms with Crippen molar-refractivity contribution in [3.05, 3.63) is 59.7 Å². The van der Waals surface area contributed by atoms with E-state index in [1.165, 1.54) is 0 Å². The summed E-state index contributed by atoms with van der Waals surface area (Å²) in [6.07, 6.45) is 0.202. The molecule has 2 atom stereocenters. The summed E-state index contributed by atoms with van der Waals surface area (Å²) in [5.41, 5.74) is 1.52. The molecule has 2 amide bonds. The number of hydrogen-bond donors (Lipinski definition) is 2. The quantitative estimate of drug-likeness (QED) is 0.822. The second-order valence-corrected chi connectivity index (χ2v) is 6.64. The standard InChI is InChI=1S/C21H24N2O4/c1-14(22-21(25)16-6-4-3-5-7-16)12-20(24)23-15(2)17-8-9-18-19(13-17)27-11-10-26-18/h3-9,13-15H,10-12H2,1-2H3,(H,22,25)(H,23,24). The predicted molar refractivity (Wildman–Crippen MR) is 102 cm³/mol. The molecule has 0 fully saturated rings. The topological polar surface area (TPSA) is 76.7 Å². The SMILES string of the molecule is CC(CC(=O)NC(C)c1ccc2c(c1)OCCO2)NC(=O)c1ccccc1. The van der Waals surface area contributed by atoms with Gasteiger partial charge in [-0.2, -0.15) is 0 Å². The monoisotopic (exact) mass is 368 g/mol. The van der Waals surface area contributed by atoms with E-state index in [2.05, 4.69) is 10.6 Å². The van der Waals surface area contributed by atoms with Gasteiger partial charge in [0.1, 0.15) is 13.2 Å². The third kappa shape index (κ3) is 5.00. The normalized spacial score (nSPS) is 14.7. The fraction of sp³-hybridized carbons (Fsp3) is 0.333. The van der Waals surface area contributed by atoms with Crippen LogP contribution in [0.2, 0.25) is 0 Å². The van der Waals surface area contributed by atoms with Crippen LogP contribution in [0.3, 0.4) is 0 Å². The molecule has 2 aromatic carbocycles. The number of hydrogen-bond acceptors (Lipinski definition) is 4. The van der Waals surface area contributed by atoms with Crippen molar-refractivity contribution < 1.29 is 19.1 Å². The Morgan fingerprint density at radius 2 is 1.67 bits per heavy atom. The number of fused-ring (bicyclic) bond motifs is 1. The second-order valence-electron chi connectivity index (χ2n) is 6.64. The van der Waals surface area contributed by atoms with Crippen LogP contribution in [0.1, 0.15) is 42.2 Å². The number of ether oxygens (including phenoxy) is 2. The maximum atomic E-state index is 12.3. The van der Waals surface area contributed by atoms with Gasteiger partial charge in [0.05, 0.1) is 6.04 Å². The number of nitrogens with one attached hydrogen (secondary N) is 2. The lowest BCUT2D eigenvalue weighted by molar-refractivity contribution is -0.122. The third-order valence-corrected chi connectivity index (χ3v) is 4.35. The lowest BCUT2D eigenvalue weighted by atomic mass is 10.1. The molecular weight excluding hydrogens is 344 g/mol. The molecule has 0 radical (unpaired) electrons. The molecule has 0 spiro atoms. The van der Waals surface area contributed by atoms with Gasteiger partial charge in [0.2, 0.25) is 5.91 Å². The van der Waals surface area contributed by atoms with Crippen LogP contribution in [0, 0.1) is 0 Å².